The van der Waals surface area contributed by atoms with Crippen LogP contribution in [0.1, 0.15) is 23.6 Å². The minimum atomic E-state index is 0. The van der Waals surface area contributed by atoms with E-state index in [4.69, 9.17) is 10.5 Å². The lowest BCUT2D eigenvalue weighted by Crippen LogP contribution is -2.47. The van der Waals surface area contributed by atoms with Crippen LogP contribution in [0, 0.1) is 0 Å². The van der Waals surface area contributed by atoms with Crippen molar-refractivity contribution in [2.45, 2.75) is 18.9 Å². The highest BCUT2D eigenvalue weighted by Crippen LogP contribution is 2.24. The summed E-state index contributed by atoms with van der Waals surface area (Å²) in [5, 5.41) is 3.21. The van der Waals surface area contributed by atoms with Crippen molar-refractivity contribution < 1.29 is 4.74 Å². The SMILES string of the molecule is COc1ccc(CCNC(N)=NCCCN2CCN(C)CC2c2ccccc2)cc1.I. The molecule has 0 spiro atoms. The fourth-order valence-electron chi connectivity index (χ4n) is 3.87. The summed E-state index contributed by atoms with van der Waals surface area (Å²) in [5.74, 6) is 1.41. The standard InChI is InChI=1S/C24H35N5O.HI/c1-28-17-18-29(23(19-28)21-7-4-3-5-8-21)16-6-14-26-24(25)27-15-13-20-9-11-22(30-2)12-10-20;/h3-5,7-12,23H,6,13-19H2,1-2H3,(H3,25,26,27);1H. The first-order valence-electron chi connectivity index (χ1n) is 10.8. The number of rotatable bonds is 9. The van der Waals surface area contributed by atoms with E-state index in [-0.39, 0.29) is 24.0 Å². The first-order chi connectivity index (χ1) is 14.7. The van der Waals surface area contributed by atoms with E-state index >= 15 is 0 Å². The van der Waals surface area contributed by atoms with Gasteiger partial charge in [0, 0.05) is 45.3 Å². The predicted molar refractivity (Wildman–Crippen MR) is 139 cm³/mol. The molecule has 1 heterocycles. The van der Waals surface area contributed by atoms with Crippen LogP contribution in [-0.2, 0) is 6.42 Å². The first kappa shape index (κ1) is 25.4. The van der Waals surface area contributed by atoms with Crippen LogP contribution in [-0.4, -0.2) is 69.2 Å². The van der Waals surface area contributed by atoms with Crippen LogP contribution >= 0.6 is 24.0 Å². The largest absolute Gasteiger partial charge is 0.497 e. The van der Waals surface area contributed by atoms with Crippen molar-refractivity contribution in [3.8, 4) is 5.75 Å². The van der Waals surface area contributed by atoms with Crippen molar-refractivity contribution in [3.63, 3.8) is 0 Å². The third-order valence-corrected chi connectivity index (χ3v) is 5.64. The lowest BCUT2D eigenvalue weighted by atomic mass is 10.0. The molecule has 1 unspecified atom stereocenters. The van der Waals surface area contributed by atoms with Crippen LogP contribution < -0.4 is 15.8 Å². The Morgan fingerprint density at radius 2 is 1.87 bits per heavy atom. The molecule has 0 amide bonds. The van der Waals surface area contributed by atoms with Crippen molar-refractivity contribution in [2.24, 2.45) is 10.7 Å². The van der Waals surface area contributed by atoms with Gasteiger partial charge in [0.05, 0.1) is 7.11 Å². The van der Waals surface area contributed by atoms with Crippen LogP contribution in [0.3, 0.4) is 0 Å². The Labute approximate surface area is 203 Å². The van der Waals surface area contributed by atoms with E-state index in [0.29, 0.717) is 12.0 Å². The van der Waals surface area contributed by atoms with E-state index < -0.39 is 0 Å². The van der Waals surface area contributed by atoms with Gasteiger partial charge in [-0.05, 0) is 43.1 Å². The number of nitrogens with one attached hydrogen (secondary N) is 1. The number of nitrogens with zero attached hydrogens (tertiary/aromatic N) is 3. The summed E-state index contributed by atoms with van der Waals surface area (Å²) in [6.45, 7) is 5.83. The highest BCUT2D eigenvalue weighted by molar-refractivity contribution is 14.0. The average Bonchev–Trinajstić information content (AvgIpc) is 2.78. The van der Waals surface area contributed by atoms with Gasteiger partial charge in [0.15, 0.2) is 5.96 Å². The molecule has 2 aromatic carbocycles. The number of hydrogen-bond donors (Lipinski definition) is 2. The second-order valence-corrected chi connectivity index (χ2v) is 7.87. The van der Waals surface area contributed by atoms with Crippen LogP contribution in [0.15, 0.2) is 59.6 Å². The molecule has 0 aromatic heterocycles. The number of piperazine rings is 1. The zero-order chi connectivity index (χ0) is 21.2. The number of nitrogens with two attached hydrogens (primary N) is 1. The maximum Gasteiger partial charge on any atom is 0.188 e. The molecule has 1 fully saturated rings. The van der Waals surface area contributed by atoms with Gasteiger partial charge in [-0.1, -0.05) is 42.5 Å². The minimum Gasteiger partial charge on any atom is -0.497 e. The molecule has 1 aliphatic rings. The molecule has 0 saturated carbocycles. The second-order valence-electron chi connectivity index (χ2n) is 7.87. The molecule has 3 rings (SSSR count). The fraction of sp³-hybridized carbons (Fsp3) is 0.458. The van der Waals surface area contributed by atoms with Gasteiger partial charge in [-0.25, -0.2) is 0 Å². The monoisotopic (exact) mass is 537 g/mol. The topological polar surface area (TPSA) is 66.1 Å². The molecule has 1 aliphatic heterocycles. The summed E-state index contributed by atoms with van der Waals surface area (Å²) in [5.41, 5.74) is 8.68. The van der Waals surface area contributed by atoms with E-state index in [1.807, 2.05) is 12.1 Å². The van der Waals surface area contributed by atoms with E-state index in [2.05, 4.69) is 69.6 Å². The molecule has 0 bridgehead atoms. The number of aliphatic imine (C=N–C) groups is 1. The molecule has 1 saturated heterocycles. The third kappa shape index (κ3) is 8.31. The summed E-state index contributed by atoms with van der Waals surface area (Å²) in [7, 11) is 3.88. The summed E-state index contributed by atoms with van der Waals surface area (Å²) < 4.78 is 5.19. The second kappa shape index (κ2) is 13.5. The van der Waals surface area contributed by atoms with E-state index in [1.165, 1.54) is 11.1 Å². The Hall–Kier alpha value is -1.84. The van der Waals surface area contributed by atoms with Crippen LogP contribution in [0.4, 0.5) is 0 Å². The summed E-state index contributed by atoms with van der Waals surface area (Å²) in [4.78, 5) is 9.50. The smallest absolute Gasteiger partial charge is 0.188 e. The summed E-state index contributed by atoms with van der Waals surface area (Å²) >= 11 is 0. The molecular formula is C24H36IN5O. The lowest BCUT2D eigenvalue weighted by Gasteiger charge is -2.40. The zero-order valence-corrected chi connectivity index (χ0v) is 21.0. The van der Waals surface area contributed by atoms with Gasteiger partial charge in [-0.3, -0.25) is 9.89 Å². The van der Waals surface area contributed by atoms with Gasteiger partial charge in [0.1, 0.15) is 5.75 Å². The lowest BCUT2D eigenvalue weighted by molar-refractivity contribution is 0.0894. The zero-order valence-electron chi connectivity index (χ0n) is 18.7. The Balaban J connectivity index is 0.00000341. The number of likely N-dealkylation sites (N-methyl/N-ethyl adjacent to an activating group) is 1. The first-order valence-corrected chi connectivity index (χ1v) is 10.8. The quantitative estimate of drug-likeness (QED) is 0.223. The molecule has 1 atom stereocenters. The Morgan fingerprint density at radius 1 is 1.13 bits per heavy atom. The molecule has 6 nitrogen and oxygen atoms in total. The van der Waals surface area contributed by atoms with Crippen molar-refractivity contribution in [1.82, 2.24) is 15.1 Å². The molecule has 3 N–H and O–H groups in total. The Morgan fingerprint density at radius 3 is 2.58 bits per heavy atom. The molecule has 7 heteroatoms. The normalized spacial score (nSPS) is 17.7. The Bertz CT molecular complexity index is 784. The summed E-state index contributed by atoms with van der Waals surface area (Å²) in [6.07, 6.45) is 1.91. The molecule has 0 radical (unpaired) electrons. The molecule has 170 valence electrons. The molecule has 31 heavy (non-hydrogen) atoms. The highest BCUT2D eigenvalue weighted by atomic mass is 127. The van der Waals surface area contributed by atoms with Gasteiger partial charge >= 0.3 is 0 Å². The van der Waals surface area contributed by atoms with E-state index in [1.54, 1.807) is 7.11 Å². The number of hydrogen-bond acceptors (Lipinski definition) is 4. The van der Waals surface area contributed by atoms with Crippen molar-refractivity contribution in [3.05, 3.63) is 65.7 Å². The highest BCUT2D eigenvalue weighted by Gasteiger charge is 2.25. The average molecular weight is 537 g/mol. The predicted octanol–water partition coefficient (Wildman–Crippen LogP) is 3.14. The van der Waals surface area contributed by atoms with Crippen LogP contribution in [0.5, 0.6) is 5.75 Å². The van der Waals surface area contributed by atoms with Gasteiger partial charge in [-0.15, -0.1) is 24.0 Å². The van der Waals surface area contributed by atoms with Crippen LogP contribution in [0.2, 0.25) is 0 Å². The molecular weight excluding hydrogens is 501 g/mol. The van der Waals surface area contributed by atoms with E-state index in [9.17, 15) is 0 Å². The minimum absolute atomic E-state index is 0. The molecule has 2 aromatic rings. The molecule has 0 aliphatic carbocycles. The number of guanidine groups is 1. The maximum absolute atomic E-state index is 6.04. The number of halogens is 1. The van der Waals surface area contributed by atoms with Gasteiger partial charge in [0.2, 0.25) is 0 Å². The maximum atomic E-state index is 6.04. The number of ether oxygens (including phenoxy) is 1. The Kier molecular flexibility index (Phi) is 11.1. The van der Waals surface area contributed by atoms with Crippen molar-refractivity contribution >= 4 is 29.9 Å². The number of methoxy groups -OCH3 is 1. The van der Waals surface area contributed by atoms with Gasteiger partial charge in [-0.2, -0.15) is 0 Å². The van der Waals surface area contributed by atoms with Crippen molar-refractivity contribution in [1.29, 1.82) is 0 Å². The number of benzene rings is 2. The third-order valence-electron chi connectivity index (χ3n) is 5.64. The fourth-order valence-corrected chi connectivity index (χ4v) is 3.87. The van der Waals surface area contributed by atoms with Gasteiger partial charge in [0.25, 0.3) is 0 Å². The van der Waals surface area contributed by atoms with E-state index in [0.717, 1.165) is 57.9 Å². The van der Waals surface area contributed by atoms with Gasteiger partial charge < -0.3 is 20.7 Å². The summed E-state index contributed by atoms with van der Waals surface area (Å²) in [6, 6.07) is 19.4. The van der Waals surface area contributed by atoms with Crippen LogP contribution in [0.25, 0.3) is 0 Å². The van der Waals surface area contributed by atoms with Crippen molar-refractivity contribution in [2.75, 3.05) is 53.4 Å².